The minimum absolute atomic E-state index is 0.856. The first kappa shape index (κ1) is 31.5. The highest BCUT2D eigenvalue weighted by Crippen LogP contribution is 2.46. The van der Waals surface area contributed by atoms with Gasteiger partial charge >= 0.3 is 0 Å². The van der Waals surface area contributed by atoms with Crippen LogP contribution in [0.1, 0.15) is 0 Å². The van der Waals surface area contributed by atoms with E-state index < -0.39 is 0 Å². The zero-order valence-electron chi connectivity index (χ0n) is 29.7. The van der Waals surface area contributed by atoms with Crippen molar-refractivity contribution in [2.75, 3.05) is 4.90 Å². The molecule has 0 aliphatic carbocycles. The van der Waals surface area contributed by atoms with Gasteiger partial charge < -0.3 is 9.32 Å². The highest BCUT2D eigenvalue weighted by atomic mass is 32.1. The summed E-state index contributed by atoms with van der Waals surface area (Å²) >= 11 is 1.75. The van der Waals surface area contributed by atoms with E-state index in [0.717, 1.165) is 71.4 Å². The van der Waals surface area contributed by atoms with Crippen LogP contribution in [0.15, 0.2) is 199 Å². The SMILES string of the molecule is c1ccc(-c2ccc(-c3ccc(N(c4ccc5c(c4)oc4c6ccccc6ccc54)c4cc5nc(-c6ccccc6)sc5c5ccccc45)cc3)cc2)cc1. The van der Waals surface area contributed by atoms with Crippen LogP contribution in [0.5, 0.6) is 0 Å². The second kappa shape index (κ2) is 12.8. The maximum absolute atomic E-state index is 6.72. The lowest BCUT2D eigenvalue weighted by Crippen LogP contribution is -2.10. The molecule has 2 heterocycles. The zero-order chi connectivity index (χ0) is 36.3. The van der Waals surface area contributed by atoms with Crippen molar-refractivity contribution in [3.05, 3.63) is 194 Å². The summed E-state index contributed by atoms with van der Waals surface area (Å²) < 4.78 is 7.91. The molecule has 0 atom stereocenters. The number of rotatable bonds is 6. The number of benzene rings is 9. The average molecular weight is 721 g/mol. The van der Waals surface area contributed by atoms with Gasteiger partial charge in [-0.15, -0.1) is 11.3 Å². The predicted molar refractivity (Wildman–Crippen MR) is 233 cm³/mol. The Morgan fingerprint density at radius 3 is 1.71 bits per heavy atom. The summed E-state index contributed by atoms with van der Waals surface area (Å²) in [4.78, 5) is 7.58. The van der Waals surface area contributed by atoms with Crippen molar-refractivity contribution in [1.29, 1.82) is 0 Å². The summed E-state index contributed by atoms with van der Waals surface area (Å²) in [5.74, 6) is 0. The number of anilines is 3. The smallest absolute Gasteiger partial charge is 0.143 e. The van der Waals surface area contributed by atoms with Gasteiger partial charge in [-0.3, -0.25) is 0 Å². The van der Waals surface area contributed by atoms with E-state index in [4.69, 9.17) is 9.40 Å². The second-order valence-electron chi connectivity index (χ2n) is 13.9. The van der Waals surface area contributed by atoms with Crippen LogP contribution in [0.25, 0.3) is 86.5 Å². The molecule has 0 fully saturated rings. The molecule has 0 N–H and O–H groups in total. The predicted octanol–water partition coefficient (Wildman–Crippen LogP) is 15.0. The molecule has 0 aliphatic rings. The molecule has 11 aromatic rings. The van der Waals surface area contributed by atoms with Crippen molar-refractivity contribution in [1.82, 2.24) is 4.98 Å². The Hall–Kier alpha value is -7.01. The molecule has 2 aromatic heterocycles. The first-order chi connectivity index (χ1) is 27.2. The second-order valence-corrected chi connectivity index (χ2v) is 14.9. The van der Waals surface area contributed by atoms with Gasteiger partial charge in [-0.2, -0.15) is 0 Å². The van der Waals surface area contributed by atoms with Gasteiger partial charge in [-0.05, 0) is 64.0 Å². The van der Waals surface area contributed by atoms with Gasteiger partial charge in [0.15, 0.2) is 0 Å². The molecule has 0 amide bonds. The van der Waals surface area contributed by atoms with Gasteiger partial charge in [0.05, 0.1) is 15.9 Å². The van der Waals surface area contributed by atoms with Crippen molar-refractivity contribution in [2.24, 2.45) is 0 Å². The minimum Gasteiger partial charge on any atom is -0.455 e. The summed E-state index contributed by atoms with van der Waals surface area (Å²) in [5.41, 5.74) is 11.8. The summed E-state index contributed by atoms with van der Waals surface area (Å²) in [6.45, 7) is 0. The van der Waals surface area contributed by atoms with Gasteiger partial charge in [0, 0.05) is 49.9 Å². The number of thiazole rings is 1. The average Bonchev–Trinajstić information content (AvgIpc) is 3.87. The molecule has 11 rings (SSSR count). The lowest BCUT2D eigenvalue weighted by Gasteiger charge is -2.27. The quantitative estimate of drug-likeness (QED) is 0.171. The molecule has 3 nitrogen and oxygen atoms in total. The fourth-order valence-electron chi connectivity index (χ4n) is 7.97. The number of hydrogen-bond acceptors (Lipinski definition) is 4. The lowest BCUT2D eigenvalue weighted by molar-refractivity contribution is 0.673. The fraction of sp³-hybridized carbons (Fsp3) is 0. The van der Waals surface area contributed by atoms with Crippen LogP contribution in [0, 0.1) is 0 Å². The van der Waals surface area contributed by atoms with Crippen molar-refractivity contribution in [3.8, 4) is 32.8 Å². The molecule has 4 heteroatoms. The first-order valence-electron chi connectivity index (χ1n) is 18.5. The maximum Gasteiger partial charge on any atom is 0.143 e. The van der Waals surface area contributed by atoms with Gasteiger partial charge in [0.2, 0.25) is 0 Å². The van der Waals surface area contributed by atoms with Crippen molar-refractivity contribution in [2.45, 2.75) is 0 Å². The molecule has 0 saturated heterocycles. The van der Waals surface area contributed by atoms with E-state index in [-0.39, 0.29) is 0 Å². The van der Waals surface area contributed by atoms with E-state index >= 15 is 0 Å². The first-order valence-corrected chi connectivity index (χ1v) is 19.3. The van der Waals surface area contributed by atoms with Crippen LogP contribution in [0.4, 0.5) is 17.1 Å². The number of furan rings is 1. The normalized spacial score (nSPS) is 11.6. The van der Waals surface area contributed by atoms with E-state index in [1.165, 1.54) is 32.2 Å². The molecular formula is C51H32N2OS. The third kappa shape index (κ3) is 5.38. The Morgan fingerprint density at radius 2 is 0.982 bits per heavy atom. The molecule has 0 spiro atoms. The summed E-state index contributed by atoms with van der Waals surface area (Å²) in [5, 5.41) is 7.88. The molecule has 0 radical (unpaired) electrons. The summed E-state index contributed by atoms with van der Waals surface area (Å²) in [7, 11) is 0. The summed E-state index contributed by atoms with van der Waals surface area (Å²) in [6.07, 6.45) is 0. The highest BCUT2D eigenvalue weighted by Gasteiger charge is 2.21. The van der Waals surface area contributed by atoms with Gasteiger partial charge in [0.1, 0.15) is 16.2 Å². The Balaban J connectivity index is 1.09. The third-order valence-corrected chi connectivity index (χ3v) is 11.8. The van der Waals surface area contributed by atoms with Crippen LogP contribution in [0.2, 0.25) is 0 Å². The van der Waals surface area contributed by atoms with E-state index in [9.17, 15) is 0 Å². The molecule has 55 heavy (non-hydrogen) atoms. The topological polar surface area (TPSA) is 29.3 Å². The van der Waals surface area contributed by atoms with E-state index in [0.29, 0.717) is 0 Å². The van der Waals surface area contributed by atoms with Crippen molar-refractivity contribution >= 4 is 82.1 Å². The van der Waals surface area contributed by atoms with E-state index in [1.54, 1.807) is 11.3 Å². The monoisotopic (exact) mass is 720 g/mol. The van der Waals surface area contributed by atoms with Gasteiger partial charge in [-0.25, -0.2) is 4.98 Å². The molecule has 0 bridgehead atoms. The van der Waals surface area contributed by atoms with E-state index in [1.807, 2.05) is 0 Å². The number of aromatic nitrogens is 1. The Bertz CT molecular complexity index is 3180. The Labute approximate surface area is 322 Å². The number of hydrogen-bond donors (Lipinski definition) is 0. The summed E-state index contributed by atoms with van der Waals surface area (Å²) in [6, 6.07) is 69.1. The Morgan fingerprint density at radius 1 is 0.418 bits per heavy atom. The molecular weight excluding hydrogens is 689 g/mol. The molecule has 0 saturated carbocycles. The molecule has 258 valence electrons. The minimum atomic E-state index is 0.856. The standard InChI is InChI=1S/C51H32N2OS/c1-3-11-33(12-4-1)34-19-21-35(22-20-34)36-23-26-39(27-24-36)53(40-28-30-43-44-29-25-37-13-7-8-16-41(37)49(44)54-48(43)31-40)47-32-46-50(45-18-10-9-17-42(45)47)55-51(52-46)38-14-5-2-6-15-38/h1-32H. The van der Waals surface area contributed by atoms with Crippen LogP contribution in [-0.4, -0.2) is 4.98 Å². The van der Waals surface area contributed by atoms with E-state index in [2.05, 4.69) is 199 Å². The highest BCUT2D eigenvalue weighted by molar-refractivity contribution is 7.22. The van der Waals surface area contributed by atoms with Crippen molar-refractivity contribution in [3.63, 3.8) is 0 Å². The van der Waals surface area contributed by atoms with Crippen LogP contribution in [0.3, 0.4) is 0 Å². The maximum atomic E-state index is 6.72. The van der Waals surface area contributed by atoms with Crippen molar-refractivity contribution < 1.29 is 4.42 Å². The lowest BCUT2D eigenvalue weighted by atomic mass is 10.00. The third-order valence-electron chi connectivity index (χ3n) is 10.7. The van der Waals surface area contributed by atoms with Crippen LogP contribution < -0.4 is 4.90 Å². The van der Waals surface area contributed by atoms with Gasteiger partial charge in [-0.1, -0.05) is 152 Å². The van der Waals surface area contributed by atoms with Crippen LogP contribution in [-0.2, 0) is 0 Å². The van der Waals surface area contributed by atoms with Gasteiger partial charge in [0.25, 0.3) is 0 Å². The molecule has 0 unspecified atom stereocenters. The fourth-order valence-corrected chi connectivity index (χ4v) is 9.06. The number of fused-ring (bicyclic) bond motifs is 8. The molecule has 0 aliphatic heterocycles. The number of nitrogens with zero attached hydrogens (tertiary/aromatic N) is 2. The molecule has 9 aromatic carbocycles. The van der Waals surface area contributed by atoms with Crippen LogP contribution >= 0.6 is 11.3 Å². The largest absolute Gasteiger partial charge is 0.455 e. The zero-order valence-corrected chi connectivity index (χ0v) is 30.5. The Kier molecular flexibility index (Phi) is 7.35.